The lowest BCUT2D eigenvalue weighted by atomic mass is 9.71. The van der Waals surface area contributed by atoms with Crippen LogP contribution in [0.5, 0.6) is 0 Å². The normalized spacial score (nSPS) is 21.0. The van der Waals surface area contributed by atoms with E-state index in [1.807, 2.05) is 115 Å². The van der Waals surface area contributed by atoms with E-state index in [0.29, 0.717) is 44.3 Å². The Morgan fingerprint density at radius 1 is 0.662 bits per heavy atom. The molecule has 0 aromatic rings. The molecule has 65 heavy (non-hydrogen) atoms. The van der Waals surface area contributed by atoms with Crippen LogP contribution < -0.4 is 22.1 Å². The van der Waals surface area contributed by atoms with Crippen molar-refractivity contribution in [2.45, 2.75) is 138 Å². The van der Waals surface area contributed by atoms with Gasteiger partial charge in [0, 0.05) is 12.8 Å². The maximum absolute atomic E-state index is 13.2. The van der Waals surface area contributed by atoms with Crippen molar-refractivity contribution in [3.8, 4) is 0 Å². The van der Waals surface area contributed by atoms with Crippen LogP contribution in [-0.2, 0) is 23.9 Å². The molecule has 2 rings (SSSR count). The Balaban J connectivity index is 1.96. The van der Waals surface area contributed by atoms with E-state index in [-0.39, 0.29) is 36.6 Å². The summed E-state index contributed by atoms with van der Waals surface area (Å²) < 4.78 is 11.1. The van der Waals surface area contributed by atoms with E-state index in [1.165, 1.54) is 5.57 Å². The molecule has 2 aliphatic carbocycles. The quantitative estimate of drug-likeness (QED) is 0.0562. The number of carboxylic acids is 2. The Bertz CT molecular complexity index is 2070. The van der Waals surface area contributed by atoms with Crippen molar-refractivity contribution in [1.29, 1.82) is 0 Å². The molecular weight excluding hydrogens is 825 g/mol. The molecule has 0 aromatic heterocycles. The summed E-state index contributed by atoms with van der Waals surface area (Å²) in [6.45, 7) is 20.7. The number of hydrogen-bond donors (Lipinski definition) is 6. The fourth-order valence-electron chi connectivity index (χ4n) is 7.79. The molecule has 356 valence electrons. The Hall–Kier alpha value is -5.79. The Morgan fingerprint density at radius 2 is 1.08 bits per heavy atom. The van der Waals surface area contributed by atoms with Crippen molar-refractivity contribution in [2.24, 2.45) is 22.3 Å². The molecule has 13 heteroatoms. The van der Waals surface area contributed by atoms with Gasteiger partial charge in [-0.25, -0.2) is 19.2 Å². The Morgan fingerprint density at radius 3 is 1.52 bits per heavy atom. The van der Waals surface area contributed by atoms with E-state index in [0.717, 1.165) is 33.4 Å². The summed E-state index contributed by atoms with van der Waals surface area (Å²) >= 11 is 0. The summed E-state index contributed by atoms with van der Waals surface area (Å²) in [4.78, 5) is 61.3. The summed E-state index contributed by atoms with van der Waals surface area (Å²) in [5, 5.41) is 23.6. The molecule has 0 aromatic carbocycles. The van der Waals surface area contributed by atoms with Crippen molar-refractivity contribution >= 4 is 29.9 Å². The topological polar surface area (TPSA) is 220 Å². The molecule has 0 spiro atoms. The first-order valence-corrected chi connectivity index (χ1v) is 22.3. The zero-order valence-corrected chi connectivity index (χ0v) is 40.2. The summed E-state index contributed by atoms with van der Waals surface area (Å²) in [6, 6.07) is -2.18. The van der Waals surface area contributed by atoms with Gasteiger partial charge in [0.2, 0.25) is 0 Å². The third-order valence-corrected chi connectivity index (χ3v) is 11.3. The molecule has 0 bridgehead atoms. The van der Waals surface area contributed by atoms with Crippen LogP contribution >= 0.6 is 0 Å². The number of hydrogen-bond acceptors (Lipinski definition) is 9. The first-order valence-electron chi connectivity index (χ1n) is 22.3. The Kier molecular flexibility index (Phi) is 22.9. The van der Waals surface area contributed by atoms with Gasteiger partial charge in [0.05, 0.1) is 0 Å². The standard InChI is InChI=1S/C52H74N4O9/c1-34(19-13-21-36(3)25-27-41-38(5)31-40(32-51(41,7)8)64-49(62)55-43(47(58)59)23-15-29-53)17-11-12-18-35(2)20-14-22-37(4)26-28-42-39(6)46(57)45(33-52(42,9)10)65-50(63)56-44(48(60)61)24-16-30-54/h11-14,17-22,25-28,40,43-45H,15-16,23-24,29-33,53-54H2,1-10H3,(H,55,62)(H,56,63)(H,58,59)(H,60,61)/b12-11+,19-13+,20-14+,27-25+,28-26+,34-17+,35-18+,36-21+,37-22+. The largest absolute Gasteiger partial charge is 0.480 e. The maximum atomic E-state index is 13.2. The van der Waals surface area contributed by atoms with Crippen LogP contribution in [-0.4, -0.2) is 77.5 Å². The summed E-state index contributed by atoms with van der Waals surface area (Å²) in [5.41, 5.74) is 18.1. The molecule has 0 saturated heterocycles. The van der Waals surface area contributed by atoms with Crippen molar-refractivity contribution in [3.63, 3.8) is 0 Å². The lowest BCUT2D eigenvalue weighted by Crippen LogP contribution is -2.45. The minimum Gasteiger partial charge on any atom is -0.480 e. The molecule has 0 aliphatic heterocycles. The van der Waals surface area contributed by atoms with E-state index in [2.05, 4.69) is 42.7 Å². The monoisotopic (exact) mass is 899 g/mol. The van der Waals surface area contributed by atoms with Crippen molar-refractivity contribution in [1.82, 2.24) is 10.6 Å². The minimum atomic E-state index is -1.19. The van der Waals surface area contributed by atoms with Gasteiger partial charge in [-0.05, 0) is 114 Å². The summed E-state index contributed by atoms with van der Waals surface area (Å²) in [6.07, 6.45) is 28.0. The molecule has 13 nitrogen and oxygen atoms in total. The average molecular weight is 899 g/mol. The van der Waals surface area contributed by atoms with Crippen LogP contribution in [0.15, 0.2) is 130 Å². The predicted octanol–water partition coefficient (Wildman–Crippen LogP) is 9.58. The number of allylic oxidation sites excluding steroid dienone is 20. The summed E-state index contributed by atoms with van der Waals surface area (Å²) in [7, 11) is 0. The van der Waals surface area contributed by atoms with Gasteiger partial charge in [0.25, 0.3) is 0 Å². The third kappa shape index (κ3) is 19.5. The molecule has 0 radical (unpaired) electrons. The predicted molar refractivity (Wildman–Crippen MR) is 259 cm³/mol. The molecule has 8 N–H and O–H groups in total. The zero-order chi connectivity index (χ0) is 48.9. The number of amides is 2. The summed E-state index contributed by atoms with van der Waals surface area (Å²) in [5.74, 6) is -2.60. The number of carboxylic acid groups (broad SMARTS) is 2. The minimum absolute atomic E-state index is 0.162. The highest BCUT2D eigenvalue weighted by molar-refractivity contribution is 6.01. The lowest BCUT2D eigenvalue weighted by molar-refractivity contribution is -0.140. The van der Waals surface area contributed by atoms with Gasteiger partial charge < -0.3 is 41.8 Å². The van der Waals surface area contributed by atoms with Crippen molar-refractivity contribution < 1.29 is 43.7 Å². The molecule has 0 fully saturated rings. The molecule has 2 amide bonds. The number of carbonyl (C=O) groups excluding carboxylic acids is 3. The molecule has 2 aliphatic rings. The Labute approximate surface area is 386 Å². The van der Waals surface area contributed by atoms with Gasteiger partial charge in [-0.3, -0.25) is 4.79 Å². The number of rotatable bonds is 22. The number of ketones is 1. The maximum Gasteiger partial charge on any atom is 0.408 e. The van der Waals surface area contributed by atoms with Crippen LogP contribution in [0.25, 0.3) is 0 Å². The van der Waals surface area contributed by atoms with Gasteiger partial charge in [-0.2, -0.15) is 0 Å². The smallest absolute Gasteiger partial charge is 0.408 e. The van der Waals surface area contributed by atoms with E-state index in [9.17, 15) is 34.2 Å². The van der Waals surface area contributed by atoms with Crippen molar-refractivity contribution in [3.05, 3.63) is 130 Å². The van der Waals surface area contributed by atoms with E-state index >= 15 is 0 Å². The molecule has 4 atom stereocenters. The van der Waals surface area contributed by atoms with Crippen LogP contribution in [0.1, 0.15) is 114 Å². The number of aliphatic carboxylic acids is 2. The molecule has 0 saturated carbocycles. The number of nitrogens with one attached hydrogen (secondary N) is 2. The number of ether oxygens (including phenoxy) is 2. The average Bonchev–Trinajstić information content (AvgIpc) is 3.20. The van der Waals surface area contributed by atoms with Gasteiger partial charge in [0.15, 0.2) is 11.9 Å². The van der Waals surface area contributed by atoms with Crippen LogP contribution in [0.4, 0.5) is 9.59 Å². The number of carbonyl (C=O) groups is 5. The SMILES string of the molecule is CC1=C(/C=C/C(C)=C/C=C/C(C)=C/C=C/C=C(C)/C=C/C=C(C)/C=C/C2=C(C)C(=O)C(OC(=O)NC(CCCN)C(=O)O)CC2(C)C)C(C)(C)CC(OC(=O)NC(CCCN)C(=O)O)C1. The van der Waals surface area contributed by atoms with Crippen LogP contribution in [0, 0.1) is 10.8 Å². The van der Waals surface area contributed by atoms with E-state index < -0.39 is 47.7 Å². The van der Waals surface area contributed by atoms with Gasteiger partial charge in [-0.15, -0.1) is 0 Å². The first-order chi connectivity index (χ1) is 30.5. The van der Waals surface area contributed by atoms with E-state index in [1.54, 1.807) is 6.92 Å². The highest BCUT2D eigenvalue weighted by Gasteiger charge is 2.40. The van der Waals surface area contributed by atoms with Crippen LogP contribution in [0.3, 0.4) is 0 Å². The zero-order valence-electron chi connectivity index (χ0n) is 40.2. The first kappa shape index (κ1) is 55.3. The highest BCUT2D eigenvalue weighted by atomic mass is 16.6. The number of nitrogens with two attached hydrogens (primary N) is 2. The van der Waals surface area contributed by atoms with Gasteiger partial charge in [0.1, 0.15) is 18.2 Å². The third-order valence-electron chi connectivity index (χ3n) is 11.3. The molecule has 0 heterocycles. The highest BCUT2D eigenvalue weighted by Crippen LogP contribution is 2.43. The number of Topliss-reactive ketones (excluding diaryl/α,β-unsaturated/α-hetero) is 1. The van der Waals surface area contributed by atoms with Gasteiger partial charge >= 0.3 is 24.1 Å². The molecular formula is C52H74N4O9. The fraction of sp³-hybridized carbons (Fsp3) is 0.481. The second-order valence-electron chi connectivity index (χ2n) is 18.2. The second-order valence-corrected chi connectivity index (χ2v) is 18.2. The number of alkyl carbamates (subject to hydrolysis) is 2. The van der Waals surface area contributed by atoms with Crippen LogP contribution in [0.2, 0.25) is 0 Å². The van der Waals surface area contributed by atoms with Gasteiger partial charge in [-0.1, -0.05) is 141 Å². The second kappa shape index (κ2) is 26.9. The fourth-order valence-corrected chi connectivity index (χ4v) is 7.79. The molecule has 4 unspecified atom stereocenters. The lowest BCUT2D eigenvalue weighted by Gasteiger charge is -2.37. The van der Waals surface area contributed by atoms with Crippen molar-refractivity contribution in [2.75, 3.05) is 13.1 Å². The van der Waals surface area contributed by atoms with E-state index in [4.69, 9.17) is 20.9 Å².